The minimum Gasteiger partial charge on any atom is -0.453 e. The fourth-order valence-corrected chi connectivity index (χ4v) is 2.07. The van der Waals surface area contributed by atoms with Gasteiger partial charge in [-0.05, 0) is 18.2 Å². The molecule has 3 aromatic rings. The first-order valence-electron chi connectivity index (χ1n) is 6.34. The van der Waals surface area contributed by atoms with Gasteiger partial charge in [0.2, 0.25) is 0 Å². The van der Waals surface area contributed by atoms with Crippen molar-refractivity contribution in [2.75, 3.05) is 12.3 Å². The van der Waals surface area contributed by atoms with Crippen LogP contribution in [0, 0.1) is 5.82 Å². The molecule has 0 aliphatic carbocycles. The summed E-state index contributed by atoms with van der Waals surface area (Å²) in [6.45, 7) is -0.0398. The summed E-state index contributed by atoms with van der Waals surface area (Å²) in [6, 6.07) is 5.83. The van der Waals surface area contributed by atoms with Crippen molar-refractivity contribution in [3.63, 3.8) is 0 Å². The second kappa shape index (κ2) is 5.37. The van der Waals surface area contributed by atoms with Gasteiger partial charge in [0.05, 0.1) is 11.1 Å². The van der Waals surface area contributed by atoms with Crippen LogP contribution in [0.5, 0.6) is 11.5 Å². The highest BCUT2D eigenvalue weighted by molar-refractivity contribution is 5.84. The summed E-state index contributed by atoms with van der Waals surface area (Å²) >= 11 is 0. The molecular formula is C14H13FN4O2. The molecule has 21 heavy (non-hydrogen) atoms. The third-order valence-electron chi connectivity index (χ3n) is 3.03. The normalized spacial score (nSPS) is 11.0. The number of nitrogens with two attached hydrogens (primary N) is 1. The number of hydrogen-bond acceptors (Lipinski definition) is 5. The van der Waals surface area contributed by atoms with E-state index in [0.717, 1.165) is 0 Å². The first-order chi connectivity index (χ1) is 10.2. The van der Waals surface area contributed by atoms with Crippen LogP contribution in [0.4, 0.5) is 10.1 Å². The van der Waals surface area contributed by atoms with Gasteiger partial charge in [-0.3, -0.25) is 5.10 Å². The van der Waals surface area contributed by atoms with E-state index in [1.54, 1.807) is 12.1 Å². The summed E-state index contributed by atoms with van der Waals surface area (Å²) in [4.78, 5) is 4.11. The summed E-state index contributed by atoms with van der Waals surface area (Å²) in [5.74, 6) is -0.0686. The predicted octanol–water partition coefficient (Wildman–Crippen LogP) is 2.01. The third-order valence-corrected chi connectivity index (χ3v) is 3.03. The van der Waals surface area contributed by atoms with Crippen LogP contribution in [0.3, 0.4) is 0 Å². The van der Waals surface area contributed by atoms with Crippen molar-refractivity contribution in [3.8, 4) is 11.5 Å². The molecule has 0 unspecified atom stereocenters. The summed E-state index contributed by atoms with van der Waals surface area (Å²) in [5.41, 5.74) is 6.97. The molecule has 0 fully saturated rings. The zero-order valence-corrected chi connectivity index (χ0v) is 11.0. The number of aliphatic hydroxyl groups is 1. The maximum atomic E-state index is 13.8. The Morgan fingerprint density at radius 3 is 2.90 bits per heavy atom. The summed E-state index contributed by atoms with van der Waals surface area (Å²) in [7, 11) is 0. The van der Waals surface area contributed by atoms with Crippen molar-refractivity contribution in [2.24, 2.45) is 0 Å². The summed E-state index contributed by atoms with van der Waals surface area (Å²) in [6.07, 6.45) is 1.90. The van der Waals surface area contributed by atoms with Crippen molar-refractivity contribution < 1.29 is 14.2 Å². The monoisotopic (exact) mass is 288 g/mol. The lowest BCUT2D eigenvalue weighted by Crippen LogP contribution is -1.95. The number of aromatic nitrogens is 3. The van der Waals surface area contributed by atoms with Crippen molar-refractivity contribution in [1.29, 1.82) is 0 Å². The highest BCUT2D eigenvalue weighted by Gasteiger charge is 2.14. The van der Waals surface area contributed by atoms with Gasteiger partial charge in [-0.1, -0.05) is 0 Å². The second-order valence-corrected chi connectivity index (χ2v) is 4.48. The van der Waals surface area contributed by atoms with Crippen LogP contribution < -0.4 is 10.5 Å². The van der Waals surface area contributed by atoms with E-state index in [4.69, 9.17) is 15.6 Å². The zero-order chi connectivity index (χ0) is 14.8. The molecule has 6 nitrogen and oxygen atoms in total. The average Bonchev–Trinajstić information content (AvgIpc) is 2.87. The van der Waals surface area contributed by atoms with E-state index in [-0.39, 0.29) is 12.4 Å². The predicted molar refractivity (Wildman–Crippen MR) is 75.6 cm³/mol. The number of halogens is 1. The number of nitrogen functional groups attached to an aromatic ring is 1. The number of nitrogens with one attached hydrogen (secondary N) is 1. The molecule has 0 spiro atoms. The number of anilines is 1. The number of hydrogen-bond donors (Lipinski definition) is 3. The van der Waals surface area contributed by atoms with Crippen LogP contribution in [0.25, 0.3) is 11.0 Å². The molecular weight excluding hydrogens is 275 g/mol. The molecule has 0 atom stereocenters. The first-order valence-corrected chi connectivity index (χ1v) is 6.34. The number of ether oxygens (including phenoxy) is 1. The van der Waals surface area contributed by atoms with Gasteiger partial charge >= 0.3 is 0 Å². The van der Waals surface area contributed by atoms with Crippen LogP contribution in [-0.2, 0) is 6.42 Å². The molecule has 0 aliphatic heterocycles. The van der Waals surface area contributed by atoms with E-state index >= 15 is 0 Å². The fourth-order valence-electron chi connectivity index (χ4n) is 2.07. The van der Waals surface area contributed by atoms with Crippen molar-refractivity contribution >= 4 is 16.7 Å². The van der Waals surface area contributed by atoms with Gasteiger partial charge < -0.3 is 15.6 Å². The minimum atomic E-state index is -0.549. The Balaban J connectivity index is 2.05. The lowest BCUT2D eigenvalue weighted by atomic mass is 10.2. The Morgan fingerprint density at radius 1 is 1.29 bits per heavy atom. The molecule has 0 saturated heterocycles. The Hall–Kier alpha value is -2.67. The number of fused-ring (bicyclic) bond motifs is 1. The highest BCUT2D eigenvalue weighted by atomic mass is 19.1. The van der Waals surface area contributed by atoms with Crippen LogP contribution >= 0.6 is 0 Å². The van der Waals surface area contributed by atoms with Crippen molar-refractivity contribution in [2.45, 2.75) is 6.42 Å². The number of benzene rings is 1. The van der Waals surface area contributed by atoms with Gasteiger partial charge in [0.1, 0.15) is 5.75 Å². The molecule has 2 aromatic heterocycles. The van der Waals surface area contributed by atoms with Gasteiger partial charge in [0.25, 0.3) is 0 Å². The van der Waals surface area contributed by atoms with E-state index in [2.05, 4.69) is 15.2 Å². The lowest BCUT2D eigenvalue weighted by molar-refractivity contribution is 0.298. The second-order valence-electron chi connectivity index (χ2n) is 4.48. The zero-order valence-electron chi connectivity index (χ0n) is 11.0. The first kappa shape index (κ1) is 13.3. The van der Waals surface area contributed by atoms with E-state index in [1.165, 1.54) is 18.3 Å². The molecule has 0 saturated carbocycles. The smallest absolute Gasteiger partial charge is 0.184 e. The van der Waals surface area contributed by atoms with Crippen LogP contribution in [0.2, 0.25) is 0 Å². The number of aromatic amines is 1. The SMILES string of the molecule is Nc1ccc(Oc2ccnc3n[nH]c(CCO)c23)c(F)c1. The standard InChI is InChI=1S/C14H13FN4O2/c15-9-7-8(16)1-2-11(9)21-12-3-5-17-14-13(12)10(4-6-20)18-19-14/h1-3,5,7,20H,4,6,16H2,(H,17,18,19). The van der Waals surface area contributed by atoms with Crippen LogP contribution in [-0.4, -0.2) is 26.9 Å². The Kier molecular flexibility index (Phi) is 3.41. The molecule has 4 N–H and O–H groups in total. The third kappa shape index (κ3) is 2.50. The molecule has 7 heteroatoms. The number of pyridine rings is 1. The summed E-state index contributed by atoms with van der Waals surface area (Å²) < 4.78 is 19.4. The van der Waals surface area contributed by atoms with E-state index in [9.17, 15) is 4.39 Å². The van der Waals surface area contributed by atoms with Gasteiger partial charge in [0, 0.05) is 31.0 Å². The minimum absolute atomic E-state index is 0.0398. The molecule has 0 aliphatic rings. The molecule has 108 valence electrons. The van der Waals surface area contributed by atoms with E-state index in [1.807, 2.05) is 0 Å². The largest absolute Gasteiger partial charge is 0.453 e. The summed E-state index contributed by atoms with van der Waals surface area (Å²) in [5, 5.41) is 16.5. The Bertz CT molecular complexity index is 788. The molecule has 0 radical (unpaired) electrons. The average molecular weight is 288 g/mol. The van der Waals surface area contributed by atoms with Gasteiger partial charge in [-0.2, -0.15) is 5.10 Å². The fraction of sp³-hybridized carbons (Fsp3) is 0.143. The lowest BCUT2D eigenvalue weighted by Gasteiger charge is -2.08. The van der Waals surface area contributed by atoms with E-state index in [0.29, 0.717) is 34.6 Å². The van der Waals surface area contributed by atoms with Crippen molar-refractivity contribution in [3.05, 3.63) is 42.0 Å². The topological polar surface area (TPSA) is 97.0 Å². The quantitative estimate of drug-likeness (QED) is 0.638. The number of rotatable bonds is 4. The Morgan fingerprint density at radius 2 is 2.14 bits per heavy atom. The molecule has 1 aromatic carbocycles. The molecule has 2 heterocycles. The van der Waals surface area contributed by atoms with E-state index < -0.39 is 5.82 Å². The van der Waals surface area contributed by atoms with Crippen molar-refractivity contribution in [1.82, 2.24) is 15.2 Å². The van der Waals surface area contributed by atoms with Gasteiger partial charge in [-0.25, -0.2) is 9.37 Å². The van der Waals surface area contributed by atoms with Gasteiger partial charge in [0.15, 0.2) is 17.2 Å². The van der Waals surface area contributed by atoms with Crippen LogP contribution in [0.15, 0.2) is 30.5 Å². The highest BCUT2D eigenvalue weighted by Crippen LogP contribution is 2.32. The molecule has 3 rings (SSSR count). The number of H-pyrrole nitrogens is 1. The molecule has 0 bridgehead atoms. The molecule has 0 amide bonds. The maximum absolute atomic E-state index is 13.8. The number of aliphatic hydroxyl groups excluding tert-OH is 1. The number of nitrogens with zero attached hydrogens (tertiary/aromatic N) is 2. The van der Waals surface area contributed by atoms with Crippen LogP contribution in [0.1, 0.15) is 5.69 Å². The maximum Gasteiger partial charge on any atom is 0.184 e. The van der Waals surface area contributed by atoms with Gasteiger partial charge in [-0.15, -0.1) is 0 Å². The Labute approximate surface area is 119 Å².